The van der Waals surface area contributed by atoms with Crippen molar-refractivity contribution in [2.45, 2.75) is 22.6 Å². The van der Waals surface area contributed by atoms with Crippen molar-refractivity contribution < 1.29 is 13.0 Å². The monoisotopic (exact) mass is 322 g/mol. The van der Waals surface area contributed by atoms with Crippen LogP contribution in [0.4, 0.5) is 0 Å². The summed E-state index contributed by atoms with van der Waals surface area (Å²) in [7, 11) is -3.64. The predicted octanol–water partition coefficient (Wildman–Crippen LogP) is 3.05. The molecule has 0 spiro atoms. The van der Waals surface area contributed by atoms with Gasteiger partial charge in [0, 0.05) is 10.9 Å². The lowest BCUT2D eigenvalue weighted by Gasteiger charge is -2.04. The molecule has 0 unspecified atom stereocenters. The van der Waals surface area contributed by atoms with Gasteiger partial charge in [0.05, 0.1) is 4.90 Å². The van der Waals surface area contributed by atoms with Gasteiger partial charge in [-0.1, -0.05) is 36.4 Å². The van der Waals surface area contributed by atoms with Crippen molar-refractivity contribution in [2.24, 2.45) is 0 Å². The van der Waals surface area contributed by atoms with Gasteiger partial charge >= 0.3 is 0 Å². The van der Waals surface area contributed by atoms with Crippen molar-refractivity contribution in [1.82, 2.24) is 0 Å². The van der Waals surface area contributed by atoms with Crippen LogP contribution in [0.25, 0.3) is 0 Å². The molecule has 0 saturated carbocycles. The summed E-state index contributed by atoms with van der Waals surface area (Å²) in [5.74, 6) is 2.87. The molecule has 1 saturated heterocycles. The molecule has 2 aromatic rings. The van der Waals surface area contributed by atoms with Crippen molar-refractivity contribution in [3.05, 3.63) is 60.7 Å². The predicted molar refractivity (Wildman–Crippen MR) is 85.4 cm³/mol. The van der Waals surface area contributed by atoms with Crippen LogP contribution >= 0.6 is 0 Å². The summed E-state index contributed by atoms with van der Waals surface area (Å²) >= 11 is 0. The molecule has 21 heavy (non-hydrogen) atoms. The normalized spacial score (nSPS) is 15.3. The van der Waals surface area contributed by atoms with Crippen molar-refractivity contribution >= 4 is 21.0 Å². The molecule has 0 aliphatic carbocycles. The molecule has 3 rings (SSSR count). The Morgan fingerprint density at radius 1 is 0.810 bits per heavy atom. The molecule has 0 aromatic heterocycles. The highest BCUT2D eigenvalue weighted by Crippen LogP contribution is 2.22. The van der Waals surface area contributed by atoms with Gasteiger partial charge < -0.3 is 4.55 Å². The lowest BCUT2D eigenvalue weighted by molar-refractivity contribution is 0.463. The molecule has 2 aromatic carbocycles. The smallest absolute Gasteiger partial charge is 0.154 e. The molecule has 1 heterocycles. The summed E-state index contributed by atoms with van der Waals surface area (Å²) in [6.45, 7) is 0. The third kappa shape index (κ3) is 5.19. The van der Waals surface area contributed by atoms with Gasteiger partial charge in [0.25, 0.3) is 0 Å². The Bertz CT molecular complexity index is 634. The molecule has 0 atom stereocenters. The standard InChI is InChI=1S/C10H13S.C6H6O3S/c1-2-6-10(7-3-1)11-8-4-5-9-11;7-10(8,9)6-4-2-1-3-5-6/h1-3,6-7H,4-5,8-9H2;1-5H,(H,7,8,9)/q+1;/p-1. The zero-order valence-electron chi connectivity index (χ0n) is 11.6. The number of rotatable bonds is 2. The van der Waals surface area contributed by atoms with Crippen LogP contribution in [0, 0.1) is 0 Å². The Morgan fingerprint density at radius 2 is 1.29 bits per heavy atom. The van der Waals surface area contributed by atoms with Crippen LogP contribution in [0.3, 0.4) is 0 Å². The second-order valence-electron chi connectivity index (χ2n) is 4.69. The number of benzene rings is 2. The number of hydrogen-bond acceptors (Lipinski definition) is 3. The topological polar surface area (TPSA) is 57.2 Å². The largest absolute Gasteiger partial charge is 0.744 e. The van der Waals surface area contributed by atoms with Crippen molar-refractivity contribution in [2.75, 3.05) is 11.5 Å². The fourth-order valence-electron chi connectivity index (χ4n) is 2.09. The van der Waals surface area contributed by atoms with Gasteiger partial charge in [0.2, 0.25) is 0 Å². The minimum atomic E-state index is -4.25. The first kappa shape index (κ1) is 16.1. The summed E-state index contributed by atoms with van der Waals surface area (Å²) in [5.41, 5.74) is 0. The molecule has 1 aliphatic heterocycles. The van der Waals surface area contributed by atoms with E-state index in [-0.39, 0.29) is 4.90 Å². The minimum absolute atomic E-state index is 0.185. The Labute approximate surface area is 129 Å². The summed E-state index contributed by atoms with van der Waals surface area (Å²) in [4.78, 5) is 1.39. The van der Waals surface area contributed by atoms with E-state index < -0.39 is 10.1 Å². The lowest BCUT2D eigenvalue weighted by atomic mass is 10.4. The van der Waals surface area contributed by atoms with E-state index in [1.54, 1.807) is 11.0 Å². The SMILES string of the molecule is O=S(=O)([O-])c1ccccc1.c1ccc([S+]2CCCC2)cc1. The van der Waals surface area contributed by atoms with Gasteiger partial charge in [0.1, 0.15) is 21.6 Å². The van der Waals surface area contributed by atoms with Crippen LogP contribution in [0.2, 0.25) is 0 Å². The van der Waals surface area contributed by atoms with Crippen molar-refractivity contribution in [3.63, 3.8) is 0 Å². The van der Waals surface area contributed by atoms with Crippen LogP contribution in [-0.4, -0.2) is 24.5 Å². The Morgan fingerprint density at radius 3 is 1.71 bits per heavy atom. The molecular formula is C16H18O3S2. The molecule has 0 radical (unpaired) electrons. The highest BCUT2D eigenvalue weighted by atomic mass is 32.2. The van der Waals surface area contributed by atoms with Gasteiger partial charge in [-0.05, 0) is 37.1 Å². The fraction of sp³-hybridized carbons (Fsp3) is 0.250. The van der Waals surface area contributed by atoms with Crippen LogP contribution in [0.5, 0.6) is 0 Å². The maximum Gasteiger partial charge on any atom is 0.154 e. The maximum absolute atomic E-state index is 10.3. The molecule has 0 amide bonds. The molecular weight excluding hydrogens is 304 g/mol. The first-order valence-electron chi connectivity index (χ1n) is 6.81. The van der Waals surface area contributed by atoms with Crippen LogP contribution in [0.15, 0.2) is 70.5 Å². The second-order valence-corrected chi connectivity index (χ2v) is 8.34. The summed E-state index contributed by atoms with van der Waals surface area (Å²) in [5, 5.41) is 0. The third-order valence-electron chi connectivity index (χ3n) is 3.14. The van der Waals surface area contributed by atoms with E-state index in [4.69, 9.17) is 0 Å². The molecule has 0 N–H and O–H groups in total. The van der Waals surface area contributed by atoms with E-state index >= 15 is 0 Å². The lowest BCUT2D eigenvalue weighted by Crippen LogP contribution is -2.02. The maximum atomic E-state index is 10.3. The average Bonchev–Trinajstić information content (AvgIpc) is 3.03. The minimum Gasteiger partial charge on any atom is -0.744 e. The first-order valence-corrected chi connectivity index (χ1v) is 9.78. The first-order chi connectivity index (χ1) is 10.1. The zero-order valence-corrected chi connectivity index (χ0v) is 13.3. The summed E-state index contributed by atoms with van der Waals surface area (Å²) in [6, 6.07) is 18.1. The van der Waals surface area contributed by atoms with Gasteiger partial charge in [-0.25, -0.2) is 8.42 Å². The van der Waals surface area contributed by atoms with E-state index in [9.17, 15) is 13.0 Å². The Kier molecular flexibility index (Phi) is 5.85. The number of hydrogen-bond donors (Lipinski definition) is 0. The van der Waals surface area contributed by atoms with Crippen LogP contribution < -0.4 is 0 Å². The molecule has 1 fully saturated rings. The highest BCUT2D eigenvalue weighted by Gasteiger charge is 2.25. The van der Waals surface area contributed by atoms with Crippen molar-refractivity contribution in [3.8, 4) is 0 Å². The molecule has 112 valence electrons. The zero-order chi connectivity index (χ0) is 15.1. The highest BCUT2D eigenvalue weighted by molar-refractivity contribution is 7.97. The van der Waals surface area contributed by atoms with E-state index in [0.29, 0.717) is 10.9 Å². The Hall–Kier alpha value is -1.30. The second kappa shape index (κ2) is 7.64. The van der Waals surface area contributed by atoms with Crippen molar-refractivity contribution in [1.29, 1.82) is 0 Å². The quantitative estimate of drug-likeness (QED) is 0.631. The van der Waals surface area contributed by atoms with Gasteiger partial charge in [-0.15, -0.1) is 0 Å². The van der Waals surface area contributed by atoms with E-state index in [1.165, 1.54) is 48.6 Å². The molecule has 1 aliphatic rings. The van der Waals surface area contributed by atoms with E-state index in [2.05, 4.69) is 30.3 Å². The Balaban J connectivity index is 0.000000155. The van der Waals surface area contributed by atoms with Crippen LogP contribution in [0.1, 0.15) is 12.8 Å². The van der Waals surface area contributed by atoms with Crippen LogP contribution in [-0.2, 0) is 21.0 Å². The third-order valence-corrected chi connectivity index (χ3v) is 6.49. The molecule has 3 nitrogen and oxygen atoms in total. The van der Waals surface area contributed by atoms with Gasteiger partial charge in [-0.2, -0.15) is 0 Å². The van der Waals surface area contributed by atoms with E-state index in [1.807, 2.05) is 0 Å². The van der Waals surface area contributed by atoms with Gasteiger partial charge in [-0.3, -0.25) is 0 Å². The van der Waals surface area contributed by atoms with Gasteiger partial charge in [0.15, 0.2) is 4.90 Å². The molecule has 5 heteroatoms. The average molecular weight is 322 g/mol. The fourth-order valence-corrected chi connectivity index (χ4v) is 4.90. The molecule has 0 bridgehead atoms. The summed E-state index contributed by atoms with van der Waals surface area (Å²) in [6.07, 6.45) is 2.88. The summed E-state index contributed by atoms with van der Waals surface area (Å²) < 4.78 is 30.8. The van der Waals surface area contributed by atoms with E-state index in [0.717, 1.165) is 0 Å².